The van der Waals surface area contributed by atoms with Crippen molar-refractivity contribution in [2.75, 3.05) is 18.0 Å². The van der Waals surface area contributed by atoms with Crippen LogP contribution in [-0.2, 0) is 0 Å². The fourth-order valence-electron chi connectivity index (χ4n) is 2.04. The van der Waals surface area contributed by atoms with Gasteiger partial charge in [-0.2, -0.15) is 0 Å². The first-order chi connectivity index (χ1) is 7.35. The number of hydrogen-bond acceptors (Lipinski definition) is 1. The molecule has 0 aliphatic carbocycles. The first-order valence-corrected chi connectivity index (χ1v) is 5.46. The van der Waals surface area contributed by atoms with Crippen LogP contribution in [-0.4, -0.2) is 13.1 Å². The maximum atomic E-state index is 2.41. The van der Waals surface area contributed by atoms with E-state index in [-0.39, 0.29) is 0 Å². The monoisotopic (exact) mass is 199 g/mol. The molecule has 1 fully saturated rings. The van der Waals surface area contributed by atoms with Gasteiger partial charge in [0.05, 0.1) is 0 Å². The summed E-state index contributed by atoms with van der Waals surface area (Å²) in [5.41, 5.74) is 4.23. The van der Waals surface area contributed by atoms with Gasteiger partial charge in [0.1, 0.15) is 0 Å². The molecule has 1 aromatic rings. The Hall–Kier alpha value is -1.50. The predicted molar refractivity (Wildman–Crippen MR) is 66.2 cm³/mol. The lowest BCUT2D eigenvalue weighted by molar-refractivity contribution is 1.01. The van der Waals surface area contributed by atoms with Crippen LogP contribution in [0.15, 0.2) is 53.6 Å². The van der Waals surface area contributed by atoms with Crippen molar-refractivity contribution in [2.45, 2.75) is 13.8 Å². The number of para-hydroxylation sites is 1. The van der Waals surface area contributed by atoms with Crippen molar-refractivity contribution < 1.29 is 0 Å². The topological polar surface area (TPSA) is 3.24 Å². The molecule has 1 heterocycles. The highest BCUT2D eigenvalue weighted by Crippen LogP contribution is 2.26. The van der Waals surface area contributed by atoms with E-state index in [1.807, 2.05) is 0 Å². The van der Waals surface area contributed by atoms with Crippen LogP contribution in [0.4, 0.5) is 5.69 Å². The molecule has 1 aliphatic heterocycles. The normalized spacial score (nSPS) is 21.6. The number of benzene rings is 1. The third-order valence-electron chi connectivity index (χ3n) is 2.95. The van der Waals surface area contributed by atoms with Crippen LogP contribution >= 0.6 is 0 Å². The highest BCUT2D eigenvalue weighted by Gasteiger charge is 2.19. The van der Waals surface area contributed by atoms with Crippen LogP contribution in [0.25, 0.3) is 0 Å². The molecule has 0 spiro atoms. The molecule has 0 N–H and O–H groups in total. The first kappa shape index (κ1) is 10.0. The molecule has 0 radical (unpaired) electrons. The summed E-state index contributed by atoms with van der Waals surface area (Å²) in [4.78, 5) is 2.41. The summed E-state index contributed by atoms with van der Waals surface area (Å²) in [6.07, 6.45) is 4.44. The highest BCUT2D eigenvalue weighted by atomic mass is 15.1. The zero-order chi connectivity index (χ0) is 10.7. The van der Waals surface area contributed by atoms with Crippen molar-refractivity contribution in [3.8, 4) is 0 Å². The van der Waals surface area contributed by atoms with Crippen molar-refractivity contribution in [1.29, 1.82) is 0 Å². The maximum absolute atomic E-state index is 2.41. The molecule has 78 valence electrons. The Bertz CT molecular complexity index is 367. The van der Waals surface area contributed by atoms with E-state index < -0.39 is 0 Å². The van der Waals surface area contributed by atoms with Gasteiger partial charge in [0, 0.05) is 18.8 Å². The summed E-state index contributed by atoms with van der Waals surface area (Å²) in [6, 6.07) is 10.6. The Morgan fingerprint density at radius 1 is 0.933 bits per heavy atom. The second-order valence-corrected chi connectivity index (χ2v) is 3.82. The summed E-state index contributed by atoms with van der Waals surface area (Å²) >= 11 is 0. The number of rotatable bonds is 1. The SMILES string of the molecule is C/C=C1\CN(c2ccccc2)C\C1=C/C. The smallest absolute Gasteiger partial charge is 0.0433 e. The molecule has 1 saturated heterocycles. The molecule has 0 saturated carbocycles. The van der Waals surface area contributed by atoms with Gasteiger partial charge < -0.3 is 4.90 Å². The largest absolute Gasteiger partial charge is 0.363 e. The van der Waals surface area contributed by atoms with Crippen LogP contribution in [0.1, 0.15) is 13.8 Å². The minimum Gasteiger partial charge on any atom is -0.363 e. The molecule has 0 aromatic heterocycles. The Balaban J connectivity index is 2.23. The molecule has 15 heavy (non-hydrogen) atoms. The van der Waals surface area contributed by atoms with Crippen molar-refractivity contribution >= 4 is 5.69 Å². The minimum absolute atomic E-state index is 1.04. The van der Waals surface area contributed by atoms with Crippen molar-refractivity contribution in [3.63, 3.8) is 0 Å². The van der Waals surface area contributed by atoms with Gasteiger partial charge in [0.15, 0.2) is 0 Å². The molecule has 0 bridgehead atoms. The fourth-order valence-corrected chi connectivity index (χ4v) is 2.04. The van der Waals surface area contributed by atoms with E-state index in [9.17, 15) is 0 Å². The summed E-state index contributed by atoms with van der Waals surface area (Å²) < 4.78 is 0. The van der Waals surface area contributed by atoms with E-state index in [1.165, 1.54) is 16.8 Å². The summed E-state index contributed by atoms with van der Waals surface area (Å²) in [5.74, 6) is 0. The van der Waals surface area contributed by atoms with Gasteiger partial charge in [0.2, 0.25) is 0 Å². The molecule has 0 atom stereocenters. The maximum Gasteiger partial charge on any atom is 0.0433 e. The number of anilines is 1. The first-order valence-electron chi connectivity index (χ1n) is 5.46. The average Bonchev–Trinajstić information content (AvgIpc) is 2.73. The summed E-state index contributed by atoms with van der Waals surface area (Å²) in [5, 5.41) is 0. The second kappa shape index (κ2) is 4.35. The van der Waals surface area contributed by atoms with Gasteiger partial charge in [-0.25, -0.2) is 0 Å². The summed E-state index contributed by atoms with van der Waals surface area (Å²) in [7, 11) is 0. The van der Waals surface area contributed by atoms with Gasteiger partial charge in [-0.1, -0.05) is 30.4 Å². The van der Waals surface area contributed by atoms with Gasteiger partial charge in [0.25, 0.3) is 0 Å². The van der Waals surface area contributed by atoms with Crippen molar-refractivity contribution in [2.24, 2.45) is 0 Å². The van der Waals surface area contributed by atoms with Gasteiger partial charge in [-0.3, -0.25) is 0 Å². The third kappa shape index (κ3) is 1.96. The second-order valence-electron chi connectivity index (χ2n) is 3.82. The lowest BCUT2D eigenvalue weighted by atomic mass is 10.1. The number of nitrogens with zero attached hydrogens (tertiary/aromatic N) is 1. The van der Waals surface area contributed by atoms with Crippen LogP contribution in [0.3, 0.4) is 0 Å². The number of allylic oxidation sites excluding steroid dienone is 2. The molecule has 0 amide bonds. The molecule has 1 heteroatoms. The minimum atomic E-state index is 1.04. The Morgan fingerprint density at radius 3 is 1.93 bits per heavy atom. The molecule has 1 aromatic carbocycles. The predicted octanol–water partition coefficient (Wildman–Crippen LogP) is 3.40. The highest BCUT2D eigenvalue weighted by molar-refractivity contribution is 5.56. The lowest BCUT2D eigenvalue weighted by Crippen LogP contribution is -2.17. The fraction of sp³-hybridized carbons (Fsp3) is 0.286. The van der Waals surface area contributed by atoms with Crippen LogP contribution in [0.2, 0.25) is 0 Å². The van der Waals surface area contributed by atoms with Crippen LogP contribution in [0, 0.1) is 0 Å². The zero-order valence-corrected chi connectivity index (χ0v) is 9.40. The average molecular weight is 199 g/mol. The Kier molecular flexibility index (Phi) is 2.91. The molecule has 2 rings (SSSR count). The van der Waals surface area contributed by atoms with E-state index in [0.29, 0.717) is 0 Å². The third-order valence-corrected chi connectivity index (χ3v) is 2.95. The van der Waals surface area contributed by atoms with Gasteiger partial charge in [-0.15, -0.1) is 0 Å². The molecular formula is C14H17N. The molecule has 1 aliphatic rings. The van der Waals surface area contributed by atoms with E-state index >= 15 is 0 Å². The molecular weight excluding hydrogens is 182 g/mol. The zero-order valence-electron chi connectivity index (χ0n) is 9.40. The lowest BCUT2D eigenvalue weighted by Gasteiger charge is -2.16. The van der Waals surface area contributed by atoms with Gasteiger partial charge in [-0.05, 0) is 37.1 Å². The van der Waals surface area contributed by atoms with E-state index in [0.717, 1.165) is 13.1 Å². The molecule has 1 nitrogen and oxygen atoms in total. The number of hydrogen-bond donors (Lipinski definition) is 0. The summed E-state index contributed by atoms with van der Waals surface area (Å²) in [6.45, 7) is 6.32. The van der Waals surface area contributed by atoms with E-state index in [1.54, 1.807) is 0 Å². The van der Waals surface area contributed by atoms with E-state index in [2.05, 4.69) is 61.2 Å². The van der Waals surface area contributed by atoms with Crippen molar-refractivity contribution in [3.05, 3.63) is 53.6 Å². The van der Waals surface area contributed by atoms with Crippen LogP contribution in [0.5, 0.6) is 0 Å². The Labute approximate surface area is 91.7 Å². The molecule has 0 unspecified atom stereocenters. The van der Waals surface area contributed by atoms with Crippen molar-refractivity contribution in [1.82, 2.24) is 0 Å². The standard InChI is InChI=1S/C14H17N/c1-3-12-10-15(11-13(12)4-2)14-8-6-5-7-9-14/h3-9H,10-11H2,1-2H3/b12-3+,13-4+. The Morgan fingerprint density at radius 2 is 1.47 bits per heavy atom. The van der Waals surface area contributed by atoms with Gasteiger partial charge >= 0.3 is 0 Å². The van der Waals surface area contributed by atoms with Crippen LogP contribution < -0.4 is 4.90 Å². The quantitative estimate of drug-likeness (QED) is 0.670. The van der Waals surface area contributed by atoms with E-state index in [4.69, 9.17) is 0 Å².